The van der Waals surface area contributed by atoms with Crippen LogP contribution in [-0.4, -0.2) is 22.6 Å². The van der Waals surface area contributed by atoms with Gasteiger partial charge in [0, 0.05) is 4.47 Å². The molecule has 4 saturated carbocycles. The van der Waals surface area contributed by atoms with Crippen molar-refractivity contribution in [1.82, 2.24) is 0 Å². The number of hydrogen-bond acceptors (Lipinski definition) is 0. The van der Waals surface area contributed by atoms with Crippen LogP contribution in [0.25, 0.3) is 0 Å². The maximum atomic E-state index is 4.26. The Bertz CT molecular complexity index is 659. The summed E-state index contributed by atoms with van der Waals surface area (Å²) < 4.78 is 1.54. The SMILES string of the molecule is Brc1c(CP(C2CCCCC2)C2CCCCC2)cccc1CP(C1CCCCC1)C1CCCCC1. The van der Waals surface area contributed by atoms with Crippen LogP contribution in [0.2, 0.25) is 0 Å². The molecule has 0 unspecified atom stereocenters. The Morgan fingerprint density at radius 1 is 0.486 bits per heavy atom. The molecule has 0 N–H and O–H groups in total. The van der Waals surface area contributed by atoms with E-state index < -0.39 is 0 Å². The molecule has 196 valence electrons. The highest BCUT2D eigenvalue weighted by molar-refractivity contribution is 9.10. The summed E-state index contributed by atoms with van der Waals surface area (Å²) in [7, 11) is 0.258. The van der Waals surface area contributed by atoms with Crippen molar-refractivity contribution in [3.05, 3.63) is 33.8 Å². The van der Waals surface area contributed by atoms with Crippen molar-refractivity contribution in [3.63, 3.8) is 0 Å². The Labute approximate surface area is 228 Å². The van der Waals surface area contributed by atoms with Crippen molar-refractivity contribution in [2.24, 2.45) is 0 Å². The van der Waals surface area contributed by atoms with Crippen molar-refractivity contribution < 1.29 is 0 Å². The van der Waals surface area contributed by atoms with Crippen LogP contribution in [0.1, 0.15) is 140 Å². The first kappa shape index (κ1) is 27.1. The van der Waals surface area contributed by atoms with Crippen LogP contribution >= 0.6 is 31.8 Å². The number of rotatable bonds is 8. The second-order valence-corrected chi connectivity index (χ2v) is 18.8. The normalized spacial score (nSPS) is 24.4. The smallest absolute Gasteiger partial charge is 0.0246 e. The summed E-state index contributed by atoms with van der Waals surface area (Å²) in [5.74, 6) is 0. The van der Waals surface area contributed by atoms with Gasteiger partial charge in [-0.2, -0.15) is 0 Å². The van der Waals surface area contributed by atoms with Gasteiger partial charge in [0.15, 0.2) is 0 Å². The van der Waals surface area contributed by atoms with Gasteiger partial charge in [-0.15, -0.1) is 0 Å². The average Bonchev–Trinajstić information content (AvgIpc) is 2.94. The van der Waals surface area contributed by atoms with Crippen LogP contribution in [0, 0.1) is 0 Å². The second-order valence-electron chi connectivity index (χ2n) is 12.4. The molecular formula is C32H51BrP2. The molecule has 3 heteroatoms. The van der Waals surface area contributed by atoms with Crippen molar-refractivity contribution >= 4 is 31.8 Å². The lowest BCUT2D eigenvalue weighted by Crippen LogP contribution is -2.22. The predicted molar refractivity (Wildman–Crippen MR) is 163 cm³/mol. The standard InChI is InChI=1S/C32H51BrP2/c33-32-26(24-34(28-16-5-1-6-17-28)29-18-7-2-8-19-29)14-13-15-27(32)25-35(30-20-9-3-10-21-30)31-22-11-4-12-23-31/h13-15,28-31H,1-12,16-25H2. The summed E-state index contributed by atoms with van der Waals surface area (Å²) in [6.45, 7) is 0. The minimum Gasteiger partial charge on any atom is -0.0958 e. The molecule has 0 radical (unpaired) electrons. The molecule has 0 nitrogen and oxygen atoms in total. The van der Waals surface area contributed by atoms with Gasteiger partial charge >= 0.3 is 0 Å². The summed E-state index contributed by atoms with van der Waals surface area (Å²) in [5.41, 5.74) is 7.59. The summed E-state index contributed by atoms with van der Waals surface area (Å²) >= 11 is 4.26. The highest BCUT2D eigenvalue weighted by Gasteiger charge is 2.33. The Morgan fingerprint density at radius 3 is 1.06 bits per heavy atom. The van der Waals surface area contributed by atoms with Gasteiger partial charge in [-0.25, -0.2) is 0 Å². The van der Waals surface area contributed by atoms with Gasteiger partial charge < -0.3 is 0 Å². The number of benzene rings is 1. The third-order valence-corrected chi connectivity index (χ3v) is 18.3. The zero-order chi connectivity index (χ0) is 23.9. The van der Waals surface area contributed by atoms with E-state index in [0.29, 0.717) is 0 Å². The molecule has 0 amide bonds. The molecule has 35 heavy (non-hydrogen) atoms. The Balaban J connectivity index is 1.34. The third-order valence-electron chi connectivity index (χ3n) is 10.0. The van der Waals surface area contributed by atoms with Gasteiger partial charge in [0.1, 0.15) is 0 Å². The molecule has 0 spiro atoms. The van der Waals surface area contributed by atoms with Gasteiger partial charge in [0.05, 0.1) is 0 Å². The first-order valence-corrected chi connectivity index (χ1v) is 19.7. The Morgan fingerprint density at radius 2 is 0.771 bits per heavy atom. The first-order chi connectivity index (χ1) is 17.3. The minimum atomic E-state index is 0.129. The van der Waals surface area contributed by atoms with E-state index in [1.165, 1.54) is 141 Å². The quantitative estimate of drug-likeness (QED) is 0.270. The molecule has 1 aromatic carbocycles. The summed E-state index contributed by atoms with van der Waals surface area (Å²) in [6.07, 6.45) is 33.1. The molecule has 0 aromatic heterocycles. The zero-order valence-corrected chi connectivity index (χ0v) is 25.7. The van der Waals surface area contributed by atoms with E-state index in [2.05, 4.69) is 34.1 Å². The molecular weight excluding hydrogens is 526 g/mol. The monoisotopic (exact) mass is 576 g/mol. The van der Waals surface area contributed by atoms with Crippen LogP contribution in [-0.2, 0) is 12.3 Å². The van der Waals surface area contributed by atoms with Crippen LogP contribution < -0.4 is 0 Å². The molecule has 5 rings (SSSR count). The minimum absolute atomic E-state index is 0.129. The third kappa shape index (κ3) is 7.36. The van der Waals surface area contributed by atoms with Gasteiger partial charge in [0.25, 0.3) is 0 Å². The summed E-state index contributed by atoms with van der Waals surface area (Å²) in [4.78, 5) is 0. The van der Waals surface area contributed by atoms with E-state index in [1.807, 2.05) is 0 Å². The molecule has 4 aliphatic carbocycles. The lowest BCUT2D eigenvalue weighted by molar-refractivity contribution is 0.483. The number of halogens is 1. The largest absolute Gasteiger partial charge is 0.0958 e. The molecule has 4 fully saturated rings. The fourth-order valence-corrected chi connectivity index (χ4v) is 16.7. The van der Waals surface area contributed by atoms with E-state index in [-0.39, 0.29) is 15.8 Å². The van der Waals surface area contributed by atoms with E-state index >= 15 is 0 Å². The zero-order valence-electron chi connectivity index (χ0n) is 22.4. The van der Waals surface area contributed by atoms with Crippen LogP contribution in [0.5, 0.6) is 0 Å². The van der Waals surface area contributed by atoms with Gasteiger partial charge in [-0.3, -0.25) is 0 Å². The van der Waals surface area contributed by atoms with Crippen LogP contribution in [0.4, 0.5) is 0 Å². The fraction of sp³-hybridized carbons (Fsp3) is 0.812. The Kier molecular flexibility index (Phi) is 10.9. The molecule has 0 saturated heterocycles. The lowest BCUT2D eigenvalue weighted by atomic mass is 9.99. The van der Waals surface area contributed by atoms with Gasteiger partial charge in [-0.1, -0.05) is 127 Å². The molecule has 1 aromatic rings. The van der Waals surface area contributed by atoms with E-state index in [4.69, 9.17) is 0 Å². The summed E-state index contributed by atoms with van der Waals surface area (Å²) in [6, 6.07) is 7.47. The van der Waals surface area contributed by atoms with E-state index in [1.54, 1.807) is 15.6 Å². The van der Waals surface area contributed by atoms with Crippen molar-refractivity contribution in [1.29, 1.82) is 0 Å². The van der Waals surface area contributed by atoms with Crippen LogP contribution in [0.3, 0.4) is 0 Å². The molecule has 0 bridgehead atoms. The van der Waals surface area contributed by atoms with Gasteiger partial charge in [-0.05, 0) is 97.5 Å². The van der Waals surface area contributed by atoms with E-state index in [0.717, 1.165) is 22.6 Å². The lowest BCUT2D eigenvalue weighted by Gasteiger charge is -2.39. The predicted octanol–water partition coefficient (Wildman–Crippen LogP) is 11.7. The molecule has 0 atom stereocenters. The highest BCUT2D eigenvalue weighted by atomic mass is 79.9. The number of hydrogen-bond donors (Lipinski definition) is 0. The van der Waals surface area contributed by atoms with Crippen molar-refractivity contribution in [2.75, 3.05) is 0 Å². The molecule has 0 aliphatic heterocycles. The Hall–Kier alpha value is 0.560. The maximum absolute atomic E-state index is 4.26. The second kappa shape index (κ2) is 14.1. The topological polar surface area (TPSA) is 0 Å². The van der Waals surface area contributed by atoms with Crippen LogP contribution in [0.15, 0.2) is 22.7 Å². The fourth-order valence-electron chi connectivity index (χ4n) is 8.03. The van der Waals surface area contributed by atoms with Gasteiger partial charge in [0.2, 0.25) is 0 Å². The molecule has 0 heterocycles. The van der Waals surface area contributed by atoms with E-state index in [9.17, 15) is 0 Å². The maximum Gasteiger partial charge on any atom is 0.0246 e. The molecule has 4 aliphatic rings. The average molecular weight is 578 g/mol. The first-order valence-electron chi connectivity index (χ1n) is 15.6. The van der Waals surface area contributed by atoms with Crippen molar-refractivity contribution in [2.45, 2.75) is 163 Å². The van der Waals surface area contributed by atoms with Crippen molar-refractivity contribution in [3.8, 4) is 0 Å². The highest BCUT2D eigenvalue weighted by Crippen LogP contribution is 2.60. The summed E-state index contributed by atoms with van der Waals surface area (Å²) in [5, 5.41) is 0.